The third kappa shape index (κ3) is 3.05. The molecule has 0 fully saturated rings. The summed E-state index contributed by atoms with van der Waals surface area (Å²) >= 11 is 7.94. The minimum absolute atomic E-state index is 0.434. The van der Waals surface area contributed by atoms with Gasteiger partial charge in [-0.1, -0.05) is 23.7 Å². The Morgan fingerprint density at radius 1 is 1.09 bits per heavy atom. The lowest BCUT2D eigenvalue weighted by Gasteiger charge is -2.15. The molecule has 4 rings (SSSR count). The third-order valence-corrected chi connectivity index (χ3v) is 5.80. The second kappa shape index (κ2) is 6.44. The molecule has 1 atom stereocenters. The molecule has 2 aromatic heterocycles. The van der Waals surface area contributed by atoms with Gasteiger partial charge in [-0.3, -0.25) is 4.98 Å². The van der Waals surface area contributed by atoms with Crippen LogP contribution >= 0.6 is 22.9 Å². The highest BCUT2D eigenvalue weighted by Crippen LogP contribution is 2.40. The second-order valence-corrected chi connectivity index (χ2v) is 7.37. The molecule has 3 aromatic rings. The summed E-state index contributed by atoms with van der Waals surface area (Å²) in [5.41, 5.74) is 4.04. The monoisotopic (exact) mass is 340 g/mol. The van der Waals surface area contributed by atoms with Gasteiger partial charge < -0.3 is 5.32 Å². The summed E-state index contributed by atoms with van der Waals surface area (Å²) in [5, 5.41) is 4.35. The summed E-state index contributed by atoms with van der Waals surface area (Å²) in [5.74, 6) is 0.434. The predicted molar refractivity (Wildman–Crippen MR) is 97.2 cm³/mol. The summed E-state index contributed by atoms with van der Waals surface area (Å²) < 4.78 is 0. The Hall–Kier alpha value is -1.68. The molecule has 0 radical (unpaired) electrons. The van der Waals surface area contributed by atoms with Gasteiger partial charge in [0.25, 0.3) is 0 Å². The number of nitrogens with one attached hydrogen (secondary N) is 1. The number of rotatable bonds is 2. The van der Waals surface area contributed by atoms with Crippen molar-refractivity contribution in [3.63, 3.8) is 0 Å². The maximum Gasteiger partial charge on any atom is 0.0406 e. The largest absolute Gasteiger partial charge is 0.312 e. The smallest absolute Gasteiger partial charge is 0.0406 e. The van der Waals surface area contributed by atoms with Gasteiger partial charge in [-0.15, -0.1) is 11.3 Å². The van der Waals surface area contributed by atoms with E-state index in [1.165, 1.54) is 26.4 Å². The zero-order valence-electron chi connectivity index (χ0n) is 12.6. The van der Waals surface area contributed by atoms with Crippen LogP contribution in [0.15, 0.2) is 54.9 Å². The Kier molecular flexibility index (Phi) is 4.17. The highest BCUT2D eigenvalue weighted by Gasteiger charge is 2.23. The molecule has 0 amide bonds. The van der Waals surface area contributed by atoms with E-state index < -0.39 is 0 Å². The molecule has 1 aliphatic rings. The predicted octanol–water partition coefficient (Wildman–Crippen LogP) is 5.09. The Morgan fingerprint density at radius 2 is 1.87 bits per heavy atom. The van der Waals surface area contributed by atoms with Crippen LogP contribution in [0.4, 0.5) is 0 Å². The van der Waals surface area contributed by atoms with Crippen LogP contribution in [0.3, 0.4) is 0 Å². The first-order valence-corrected chi connectivity index (χ1v) is 9.00. The first-order chi connectivity index (χ1) is 11.3. The van der Waals surface area contributed by atoms with Crippen molar-refractivity contribution in [2.24, 2.45) is 0 Å². The number of hydrogen-bond acceptors (Lipinski definition) is 3. The summed E-state index contributed by atoms with van der Waals surface area (Å²) in [6.07, 6.45) is 4.82. The quantitative estimate of drug-likeness (QED) is 0.703. The first-order valence-electron chi connectivity index (χ1n) is 7.80. The van der Waals surface area contributed by atoms with Gasteiger partial charge >= 0.3 is 0 Å². The standard InChI is InChI=1S/C19H17ClN2S/c20-15-3-1-13(2-4-15)16-7-10-22-12-19-17(16)11-18(23-19)14-5-8-21-9-6-14/h1-6,8-9,11,16,22H,7,10,12H2. The fraction of sp³-hybridized carbons (Fsp3) is 0.211. The zero-order chi connectivity index (χ0) is 15.6. The lowest BCUT2D eigenvalue weighted by Crippen LogP contribution is -2.12. The molecule has 1 unspecified atom stereocenters. The average molecular weight is 341 g/mol. The molecule has 4 heteroatoms. The first kappa shape index (κ1) is 14.9. The van der Waals surface area contributed by atoms with E-state index in [1.807, 2.05) is 35.9 Å². The molecule has 116 valence electrons. The summed E-state index contributed by atoms with van der Waals surface area (Å²) in [4.78, 5) is 6.88. The Labute approximate surface area is 145 Å². The van der Waals surface area contributed by atoms with Crippen molar-refractivity contribution in [2.75, 3.05) is 6.54 Å². The number of fused-ring (bicyclic) bond motifs is 1. The van der Waals surface area contributed by atoms with Gasteiger partial charge in [-0.2, -0.15) is 0 Å². The maximum atomic E-state index is 6.05. The van der Waals surface area contributed by atoms with E-state index in [-0.39, 0.29) is 0 Å². The SMILES string of the molecule is Clc1ccc(C2CCNCc3sc(-c4ccncc4)cc32)cc1. The van der Waals surface area contributed by atoms with Crippen molar-refractivity contribution in [3.8, 4) is 10.4 Å². The van der Waals surface area contributed by atoms with E-state index in [2.05, 4.69) is 40.6 Å². The number of thiophene rings is 1. The van der Waals surface area contributed by atoms with Crippen LogP contribution in [0.2, 0.25) is 5.02 Å². The molecule has 0 saturated heterocycles. The van der Waals surface area contributed by atoms with Crippen molar-refractivity contribution in [3.05, 3.63) is 75.9 Å². The van der Waals surface area contributed by atoms with Crippen molar-refractivity contribution >= 4 is 22.9 Å². The minimum Gasteiger partial charge on any atom is -0.312 e. The van der Waals surface area contributed by atoms with Gasteiger partial charge in [0.1, 0.15) is 0 Å². The molecule has 3 heterocycles. The van der Waals surface area contributed by atoms with Crippen LogP contribution in [0, 0.1) is 0 Å². The molecule has 0 spiro atoms. The minimum atomic E-state index is 0.434. The number of pyridine rings is 1. The van der Waals surface area contributed by atoms with E-state index in [9.17, 15) is 0 Å². The molecule has 0 saturated carbocycles. The Morgan fingerprint density at radius 3 is 2.65 bits per heavy atom. The Balaban J connectivity index is 1.77. The molecular formula is C19H17ClN2S. The molecule has 2 nitrogen and oxygen atoms in total. The molecule has 0 bridgehead atoms. The summed E-state index contributed by atoms with van der Waals surface area (Å²) in [7, 11) is 0. The van der Waals surface area contributed by atoms with Gasteiger partial charge in [-0.25, -0.2) is 0 Å². The van der Waals surface area contributed by atoms with Crippen LogP contribution in [0.5, 0.6) is 0 Å². The molecule has 1 aliphatic heterocycles. The number of benzene rings is 1. The van der Waals surface area contributed by atoms with Gasteiger partial charge in [-0.05, 0) is 60.0 Å². The molecule has 23 heavy (non-hydrogen) atoms. The van der Waals surface area contributed by atoms with Crippen LogP contribution < -0.4 is 5.32 Å². The third-order valence-electron chi connectivity index (χ3n) is 4.35. The molecule has 1 N–H and O–H groups in total. The van der Waals surface area contributed by atoms with Crippen molar-refractivity contribution in [1.29, 1.82) is 0 Å². The number of hydrogen-bond donors (Lipinski definition) is 1. The van der Waals surface area contributed by atoms with E-state index in [1.54, 1.807) is 0 Å². The fourth-order valence-electron chi connectivity index (χ4n) is 3.18. The zero-order valence-corrected chi connectivity index (χ0v) is 14.2. The van der Waals surface area contributed by atoms with Crippen molar-refractivity contribution in [1.82, 2.24) is 10.3 Å². The van der Waals surface area contributed by atoms with Crippen molar-refractivity contribution in [2.45, 2.75) is 18.9 Å². The lowest BCUT2D eigenvalue weighted by atomic mass is 9.89. The van der Waals surface area contributed by atoms with Crippen LogP contribution in [0.1, 0.15) is 28.3 Å². The second-order valence-electron chi connectivity index (χ2n) is 5.79. The highest BCUT2D eigenvalue weighted by molar-refractivity contribution is 7.15. The van der Waals surface area contributed by atoms with Crippen LogP contribution in [0.25, 0.3) is 10.4 Å². The summed E-state index contributed by atoms with van der Waals surface area (Å²) in [6.45, 7) is 1.99. The topological polar surface area (TPSA) is 24.9 Å². The highest BCUT2D eigenvalue weighted by atomic mass is 35.5. The van der Waals surface area contributed by atoms with E-state index in [0.717, 1.165) is 24.5 Å². The van der Waals surface area contributed by atoms with Gasteiger partial charge in [0, 0.05) is 39.6 Å². The van der Waals surface area contributed by atoms with Crippen LogP contribution in [-0.4, -0.2) is 11.5 Å². The average Bonchev–Trinajstić information content (AvgIpc) is 2.91. The number of aromatic nitrogens is 1. The van der Waals surface area contributed by atoms with E-state index in [4.69, 9.17) is 11.6 Å². The van der Waals surface area contributed by atoms with Gasteiger partial charge in [0.15, 0.2) is 0 Å². The van der Waals surface area contributed by atoms with Gasteiger partial charge in [0.05, 0.1) is 0 Å². The van der Waals surface area contributed by atoms with Crippen LogP contribution in [-0.2, 0) is 6.54 Å². The molecule has 0 aliphatic carbocycles. The van der Waals surface area contributed by atoms with E-state index >= 15 is 0 Å². The lowest BCUT2D eigenvalue weighted by molar-refractivity contribution is 0.648. The normalized spacial score (nSPS) is 17.5. The number of halogens is 1. The van der Waals surface area contributed by atoms with Gasteiger partial charge in [0.2, 0.25) is 0 Å². The maximum absolute atomic E-state index is 6.05. The molecular weight excluding hydrogens is 324 g/mol. The number of nitrogens with zero attached hydrogens (tertiary/aromatic N) is 1. The van der Waals surface area contributed by atoms with E-state index in [0.29, 0.717) is 5.92 Å². The molecule has 1 aromatic carbocycles. The van der Waals surface area contributed by atoms with Crippen molar-refractivity contribution < 1.29 is 0 Å². The Bertz CT molecular complexity index is 796. The fourth-order valence-corrected chi connectivity index (χ4v) is 4.50. The summed E-state index contributed by atoms with van der Waals surface area (Å²) in [6, 6.07) is 14.8.